The maximum absolute atomic E-state index is 11.4. The molecule has 0 aliphatic carbocycles. The highest BCUT2D eigenvalue weighted by Crippen LogP contribution is 2.39. The van der Waals surface area contributed by atoms with Crippen LogP contribution >= 0.6 is 23.2 Å². The molecule has 26 heavy (non-hydrogen) atoms. The van der Waals surface area contributed by atoms with Gasteiger partial charge in [0.25, 0.3) is 0 Å². The number of aromatic nitrogens is 2. The van der Waals surface area contributed by atoms with Crippen LogP contribution in [0.25, 0.3) is 6.08 Å². The van der Waals surface area contributed by atoms with E-state index in [1.807, 2.05) is 6.92 Å². The number of carbonyl (C=O) groups is 1. The van der Waals surface area contributed by atoms with Crippen molar-refractivity contribution in [2.75, 3.05) is 0 Å². The van der Waals surface area contributed by atoms with E-state index < -0.39 is 12.1 Å². The van der Waals surface area contributed by atoms with Crippen LogP contribution in [0.3, 0.4) is 0 Å². The van der Waals surface area contributed by atoms with Crippen molar-refractivity contribution >= 4 is 35.2 Å². The van der Waals surface area contributed by atoms with Crippen LogP contribution in [0.1, 0.15) is 25.1 Å². The number of ether oxygens (including phenoxy) is 2. The van der Waals surface area contributed by atoms with E-state index in [4.69, 9.17) is 32.7 Å². The van der Waals surface area contributed by atoms with Crippen LogP contribution in [-0.2, 0) is 11.8 Å². The van der Waals surface area contributed by atoms with Crippen LogP contribution < -0.4 is 9.47 Å². The van der Waals surface area contributed by atoms with Crippen LogP contribution in [0, 0.1) is 12.8 Å². The summed E-state index contributed by atoms with van der Waals surface area (Å²) in [6.45, 7) is 9.09. The lowest BCUT2D eigenvalue weighted by Crippen LogP contribution is -2.32. The lowest BCUT2D eigenvalue weighted by molar-refractivity contribution is -0.147. The summed E-state index contributed by atoms with van der Waals surface area (Å²) in [4.78, 5) is 11.4. The molecule has 0 aliphatic heterocycles. The fraction of sp³-hybridized carbons (Fsp3) is 0.333. The number of aryl methyl sites for hydroxylation is 2. The molecule has 0 saturated heterocycles. The number of nitrogens with zero attached hydrogens (tertiary/aromatic N) is 2. The third kappa shape index (κ3) is 4.14. The Morgan fingerprint density at radius 3 is 2.46 bits per heavy atom. The van der Waals surface area contributed by atoms with Gasteiger partial charge in [-0.1, -0.05) is 49.7 Å². The molecule has 0 aliphatic rings. The number of hydrogen-bond donors (Lipinski definition) is 1. The van der Waals surface area contributed by atoms with Gasteiger partial charge in [0.15, 0.2) is 11.9 Å². The lowest BCUT2D eigenvalue weighted by atomic mass is 10.1. The number of carboxylic acid groups (broad SMARTS) is 1. The molecule has 0 saturated carbocycles. The SMILES string of the molecule is C=Cc1c(C)nn(C)c1Oc1cc(OC(C(=O)O)C(C)C)c(Cl)cc1Cl. The molecule has 2 rings (SSSR count). The van der Waals surface area contributed by atoms with Crippen molar-refractivity contribution in [2.45, 2.75) is 26.9 Å². The zero-order chi connectivity index (χ0) is 19.6. The summed E-state index contributed by atoms with van der Waals surface area (Å²) in [7, 11) is 1.73. The Hall–Kier alpha value is -2.18. The van der Waals surface area contributed by atoms with Gasteiger partial charge in [0.05, 0.1) is 21.3 Å². The van der Waals surface area contributed by atoms with Crippen LogP contribution in [-0.4, -0.2) is 27.0 Å². The highest BCUT2D eigenvalue weighted by atomic mass is 35.5. The summed E-state index contributed by atoms with van der Waals surface area (Å²) >= 11 is 12.4. The summed E-state index contributed by atoms with van der Waals surface area (Å²) in [5.74, 6) is -0.442. The molecule has 1 aromatic heterocycles. The predicted octanol–water partition coefficient (Wildman–Crippen LogP) is 4.96. The third-order valence-electron chi connectivity index (χ3n) is 3.71. The second-order valence-corrected chi connectivity index (χ2v) is 6.88. The van der Waals surface area contributed by atoms with Gasteiger partial charge in [0.1, 0.15) is 5.75 Å². The van der Waals surface area contributed by atoms with Gasteiger partial charge in [-0.05, 0) is 13.0 Å². The average molecular weight is 399 g/mol. The minimum Gasteiger partial charge on any atom is -0.478 e. The summed E-state index contributed by atoms with van der Waals surface area (Å²) in [6.07, 6.45) is 0.585. The van der Waals surface area contributed by atoms with E-state index >= 15 is 0 Å². The monoisotopic (exact) mass is 398 g/mol. The summed E-state index contributed by atoms with van der Waals surface area (Å²) in [5, 5.41) is 14.1. The number of rotatable bonds is 7. The average Bonchev–Trinajstić information content (AvgIpc) is 2.81. The first-order chi connectivity index (χ1) is 12.1. The molecule has 8 heteroatoms. The summed E-state index contributed by atoms with van der Waals surface area (Å²) in [6, 6.07) is 2.92. The molecule has 0 fully saturated rings. The Morgan fingerprint density at radius 2 is 1.92 bits per heavy atom. The molecule has 1 N–H and O–H groups in total. The van der Waals surface area contributed by atoms with E-state index in [2.05, 4.69) is 11.7 Å². The number of benzene rings is 1. The van der Waals surface area contributed by atoms with E-state index in [1.54, 1.807) is 31.7 Å². The van der Waals surface area contributed by atoms with Crippen LogP contribution in [0.4, 0.5) is 0 Å². The van der Waals surface area contributed by atoms with Gasteiger partial charge in [-0.25, -0.2) is 9.48 Å². The molecule has 6 nitrogen and oxygen atoms in total. The predicted molar refractivity (Wildman–Crippen MR) is 101 cm³/mol. The maximum atomic E-state index is 11.4. The molecule has 140 valence electrons. The second kappa shape index (κ2) is 8.01. The molecule has 2 aromatic rings. The van der Waals surface area contributed by atoms with E-state index in [1.165, 1.54) is 12.1 Å². The van der Waals surface area contributed by atoms with Gasteiger partial charge < -0.3 is 14.6 Å². The summed E-state index contributed by atoms with van der Waals surface area (Å²) in [5.41, 5.74) is 1.48. The minimum absolute atomic E-state index is 0.172. The minimum atomic E-state index is -1.08. The summed E-state index contributed by atoms with van der Waals surface area (Å²) < 4.78 is 13.0. The Labute approximate surface area is 161 Å². The van der Waals surface area contributed by atoms with E-state index in [-0.39, 0.29) is 27.5 Å². The molecule has 1 unspecified atom stereocenters. The molecule has 0 radical (unpaired) electrons. The normalized spacial score (nSPS) is 12.1. The van der Waals surface area contributed by atoms with E-state index in [9.17, 15) is 9.90 Å². The first-order valence-electron chi connectivity index (χ1n) is 7.88. The Bertz CT molecular complexity index is 846. The molecular weight excluding hydrogens is 379 g/mol. The van der Waals surface area contributed by atoms with Crippen molar-refractivity contribution in [3.8, 4) is 17.4 Å². The molecular formula is C18H20Cl2N2O4. The Kier molecular flexibility index (Phi) is 6.21. The van der Waals surface area contributed by atoms with Crippen molar-refractivity contribution in [2.24, 2.45) is 13.0 Å². The number of hydrogen-bond acceptors (Lipinski definition) is 4. The highest BCUT2D eigenvalue weighted by Gasteiger charge is 2.25. The standard InChI is InChI=1S/C18H20Cl2N2O4/c1-6-11-10(4)21-22(5)17(11)26-15-8-14(12(19)7-13(15)20)25-16(9(2)3)18(23)24/h6-9,16H,1H2,2-5H3,(H,23,24). The van der Waals surface area contributed by atoms with Crippen molar-refractivity contribution in [1.29, 1.82) is 0 Å². The van der Waals surface area contributed by atoms with E-state index in [0.717, 1.165) is 11.3 Å². The highest BCUT2D eigenvalue weighted by molar-refractivity contribution is 6.36. The lowest BCUT2D eigenvalue weighted by Gasteiger charge is -2.20. The van der Waals surface area contributed by atoms with Crippen molar-refractivity contribution in [3.63, 3.8) is 0 Å². The topological polar surface area (TPSA) is 73.6 Å². The van der Waals surface area contributed by atoms with Gasteiger partial charge in [-0.2, -0.15) is 5.10 Å². The van der Waals surface area contributed by atoms with Crippen molar-refractivity contribution in [1.82, 2.24) is 9.78 Å². The Balaban J connectivity index is 2.42. The van der Waals surface area contributed by atoms with Gasteiger partial charge in [0, 0.05) is 19.0 Å². The van der Waals surface area contributed by atoms with Gasteiger partial charge in [-0.3, -0.25) is 0 Å². The van der Waals surface area contributed by atoms with Crippen LogP contribution in [0.5, 0.6) is 17.4 Å². The molecule has 1 aromatic carbocycles. The first kappa shape index (κ1) is 20.1. The zero-order valence-corrected chi connectivity index (χ0v) is 16.4. The van der Waals surface area contributed by atoms with Gasteiger partial charge in [-0.15, -0.1) is 0 Å². The number of halogens is 2. The molecule has 0 bridgehead atoms. The third-order valence-corrected chi connectivity index (χ3v) is 4.30. The maximum Gasteiger partial charge on any atom is 0.345 e. The quantitative estimate of drug-likeness (QED) is 0.713. The van der Waals surface area contributed by atoms with Gasteiger partial charge >= 0.3 is 5.97 Å². The number of aliphatic carboxylic acids is 1. The van der Waals surface area contributed by atoms with Crippen molar-refractivity contribution < 1.29 is 19.4 Å². The van der Waals surface area contributed by atoms with Gasteiger partial charge in [0.2, 0.25) is 5.88 Å². The van der Waals surface area contributed by atoms with Crippen molar-refractivity contribution in [3.05, 3.63) is 40.0 Å². The Morgan fingerprint density at radius 1 is 1.31 bits per heavy atom. The first-order valence-corrected chi connectivity index (χ1v) is 8.63. The number of carboxylic acids is 1. The van der Waals surface area contributed by atoms with E-state index in [0.29, 0.717) is 5.88 Å². The largest absolute Gasteiger partial charge is 0.478 e. The van der Waals surface area contributed by atoms with Crippen LogP contribution in [0.15, 0.2) is 18.7 Å². The smallest absolute Gasteiger partial charge is 0.345 e. The molecule has 0 spiro atoms. The zero-order valence-electron chi connectivity index (χ0n) is 14.9. The molecule has 1 heterocycles. The fourth-order valence-corrected chi connectivity index (χ4v) is 2.87. The second-order valence-electron chi connectivity index (χ2n) is 6.07. The van der Waals surface area contributed by atoms with Crippen LogP contribution in [0.2, 0.25) is 10.0 Å². The fourth-order valence-electron chi connectivity index (χ4n) is 2.40. The molecule has 1 atom stereocenters. The molecule has 0 amide bonds.